The molecule has 1 aromatic heterocycles. The summed E-state index contributed by atoms with van der Waals surface area (Å²) in [6.45, 7) is 7.89. The van der Waals surface area contributed by atoms with Crippen molar-refractivity contribution in [2.45, 2.75) is 51.8 Å². The van der Waals surface area contributed by atoms with E-state index in [9.17, 15) is 4.79 Å². The first kappa shape index (κ1) is 16.7. The Hall–Kier alpha value is -1.69. The molecule has 6 nitrogen and oxygen atoms in total. The summed E-state index contributed by atoms with van der Waals surface area (Å²) in [5.41, 5.74) is 0.495. The monoisotopic (exact) mass is 306 g/mol. The van der Waals surface area contributed by atoms with Crippen molar-refractivity contribution < 1.29 is 9.53 Å². The fourth-order valence-electron chi connectivity index (χ4n) is 2.60. The molecule has 0 bridgehead atoms. The molecular formula is C16H26N4O2. The van der Waals surface area contributed by atoms with Crippen molar-refractivity contribution in [2.24, 2.45) is 0 Å². The van der Waals surface area contributed by atoms with Crippen molar-refractivity contribution >= 4 is 6.09 Å². The standard InChI is InChI=1S/C16H26N4O2/c1-16(2,3)22-15(21)20-9-5-6-14(12-20)19(4)11-13-10-17-7-8-18-13/h7-8,10,14H,5-6,9,11-12H2,1-4H3/t14-/m0/s1. The lowest BCUT2D eigenvalue weighted by Crippen LogP contribution is -2.49. The van der Waals surface area contributed by atoms with Gasteiger partial charge in [0.2, 0.25) is 0 Å². The molecule has 0 radical (unpaired) electrons. The van der Waals surface area contributed by atoms with E-state index in [0.29, 0.717) is 12.6 Å². The van der Waals surface area contributed by atoms with E-state index >= 15 is 0 Å². The Morgan fingerprint density at radius 1 is 1.45 bits per heavy atom. The van der Waals surface area contributed by atoms with Crippen molar-refractivity contribution in [3.05, 3.63) is 24.3 Å². The van der Waals surface area contributed by atoms with Crippen LogP contribution in [0, 0.1) is 0 Å². The molecule has 0 spiro atoms. The molecule has 1 aromatic rings. The van der Waals surface area contributed by atoms with Crippen LogP contribution >= 0.6 is 0 Å². The van der Waals surface area contributed by atoms with E-state index in [4.69, 9.17) is 4.74 Å². The summed E-state index contributed by atoms with van der Waals surface area (Å²) < 4.78 is 5.47. The number of ether oxygens (including phenoxy) is 1. The van der Waals surface area contributed by atoms with E-state index in [0.717, 1.165) is 31.6 Å². The van der Waals surface area contributed by atoms with E-state index in [2.05, 4.69) is 21.9 Å². The second kappa shape index (κ2) is 7.05. The molecule has 0 unspecified atom stereocenters. The topological polar surface area (TPSA) is 58.6 Å². The molecule has 2 rings (SSSR count). The number of carbonyl (C=O) groups excluding carboxylic acids is 1. The quantitative estimate of drug-likeness (QED) is 0.857. The Labute approximate surface area is 132 Å². The highest BCUT2D eigenvalue weighted by Gasteiger charge is 2.29. The number of piperidine rings is 1. The van der Waals surface area contributed by atoms with Gasteiger partial charge in [0.25, 0.3) is 0 Å². The van der Waals surface area contributed by atoms with E-state index in [-0.39, 0.29) is 6.09 Å². The van der Waals surface area contributed by atoms with Crippen LogP contribution in [0.4, 0.5) is 4.79 Å². The van der Waals surface area contributed by atoms with E-state index in [1.807, 2.05) is 25.7 Å². The fourth-order valence-corrected chi connectivity index (χ4v) is 2.60. The van der Waals surface area contributed by atoms with Crippen molar-refractivity contribution in [1.82, 2.24) is 19.8 Å². The van der Waals surface area contributed by atoms with E-state index in [1.165, 1.54) is 0 Å². The number of amides is 1. The Balaban J connectivity index is 1.91. The highest BCUT2D eigenvalue weighted by molar-refractivity contribution is 5.68. The number of hydrogen-bond acceptors (Lipinski definition) is 5. The van der Waals surface area contributed by atoms with Crippen molar-refractivity contribution in [3.8, 4) is 0 Å². The lowest BCUT2D eigenvalue weighted by Gasteiger charge is -2.38. The Morgan fingerprint density at radius 2 is 2.23 bits per heavy atom. The fraction of sp³-hybridized carbons (Fsp3) is 0.688. The molecule has 122 valence electrons. The molecule has 2 heterocycles. The maximum atomic E-state index is 12.2. The van der Waals surface area contributed by atoms with Crippen molar-refractivity contribution in [3.63, 3.8) is 0 Å². The zero-order valence-corrected chi connectivity index (χ0v) is 14.0. The summed E-state index contributed by atoms with van der Waals surface area (Å²) in [5.74, 6) is 0. The molecule has 1 amide bonds. The van der Waals surface area contributed by atoms with Gasteiger partial charge in [-0.1, -0.05) is 0 Å². The second-order valence-corrected chi connectivity index (χ2v) is 6.83. The SMILES string of the molecule is CN(Cc1cnccn1)[C@H]1CCCN(C(=O)OC(C)(C)C)C1. The molecule has 22 heavy (non-hydrogen) atoms. The average Bonchev–Trinajstić information content (AvgIpc) is 2.46. The lowest BCUT2D eigenvalue weighted by molar-refractivity contribution is 0.0120. The Bertz CT molecular complexity index is 487. The van der Waals surface area contributed by atoms with Crippen LogP contribution in [0.25, 0.3) is 0 Å². The van der Waals surface area contributed by atoms with Crippen LogP contribution in [0.5, 0.6) is 0 Å². The van der Waals surface area contributed by atoms with Gasteiger partial charge in [0.15, 0.2) is 0 Å². The van der Waals surface area contributed by atoms with E-state index < -0.39 is 5.60 Å². The van der Waals surface area contributed by atoms with Crippen LogP contribution in [0.2, 0.25) is 0 Å². The molecule has 6 heteroatoms. The average molecular weight is 306 g/mol. The van der Waals surface area contributed by atoms with Gasteiger partial charge in [-0.25, -0.2) is 4.79 Å². The maximum Gasteiger partial charge on any atom is 0.410 e. The maximum absolute atomic E-state index is 12.2. The molecule has 1 saturated heterocycles. The molecular weight excluding hydrogens is 280 g/mol. The number of hydrogen-bond donors (Lipinski definition) is 0. The first-order chi connectivity index (χ1) is 10.3. The highest BCUT2D eigenvalue weighted by atomic mass is 16.6. The predicted octanol–water partition coefficient (Wildman–Crippen LogP) is 2.31. The second-order valence-electron chi connectivity index (χ2n) is 6.83. The number of aromatic nitrogens is 2. The van der Waals surface area contributed by atoms with Gasteiger partial charge in [0, 0.05) is 44.3 Å². The van der Waals surface area contributed by atoms with Gasteiger partial charge in [-0.15, -0.1) is 0 Å². The number of carbonyl (C=O) groups is 1. The Morgan fingerprint density at radius 3 is 2.86 bits per heavy atom. The van der Waals surface area contributed by atoms with Crippen LogP contribution in [0.3, 0.4) is 0 Å². The summed E-state index contributed by atoms with van der Waals surface area (Å²) in [6, 6.07) is 0.322. The summed E-state index contributed by atoms with van der Waals surface area (Å²) in [4.78, 5) is 24.7. The Kier molecular flexibility index (Phi) is 5.34. The number of likely N-dealkylation sites (tertiary alicyclic amines) is 1. The summed E-state index contributed by atoms with van der Waals surface area (Å²) >= 11 is 0. The smallest absolute Gasteiger partial charge is 0.410 e. The van der Waals surface area contributed by atoms with Crippen LogP contribution in [0.15, 0.2) is 18.6 Å². The first-order valence-corrected chi connectivity index (χ1v) is 7.78. The third-order valence-corrected chi connectivity index (χ3v) is 3.70. The van der Waals surface area contributed by atoms with Gasteiger partial charge in [-0.05, 0) is 40.7 Å². The predicted molar refractivity (Wildman–Crippen MR) is 84.3 cm³/mol. The van der Waals surface area contributed by atoms with E-state index in [1.54, 1.807) is 18.6 Å². The minimum Gasteiger partial charge on any atom is -0.444 e. The van der Waals surface area contributed by atoms with Crippen LogP contribution in [-0.4, -0.2) is 57.6 Å². The summed E-state index contributed by atoms with van der Waals surface area (Å²) in [5, 5.41) is 0. The van der Waals surface area contributed by atoms with Crippen molar-refractivity contribution in [2.75, 3.05) is 20.1 Å². The number of nitrogens with zero attached hydrogens (tertiary/aromatic N) is 4. The lowest BCUT2D eigenvalue weighted by atomic mass is 10.0. The zero-order valence-electron chi connectivity index (χ0n) is 14.0. The molecule has 0 aliphatic carbocycles. The van der Waals surface area contributed by atoms with Crippen LogP contribution < -0.4 is 0 Å². The molecule has 1 aliphatic rings. The molecule has 0 saturated carbocycles. The van der Waals surface area contributed by atoms with Gasteiger partial charge in [-0.2, -0.15) is 0 Å². The molecule has 0 N–H and O–H groups in total. The van der Waals surface area contributed by atoms with Crippen molar-refractivity contribution in [1.29, 1.82) is 0 Å². The van der Waals surface area contributed by atoms with Gasteiger partial charge in [-0.3, -0.25) is 14.9 Å². The minimum atomic E-state index is -0.449. The zero-order chi connectivity index (χ0) is 16.2. The van der Waals surface area contributed by atoms with Crippen LogP contribution in [-0.2, 0) is 11.3 Å². The van der Waals surface area contributed by atoms with Gasteiger partial charge < -0.3 is 9.64 Å². The normalized spacial score (nSPS) is 19.3. The first-order valence-electron chi connectivity index (χ1n) is 7.78. The van der Waals surface area contributed by atoms with Gasteiger partial charge in [0.1, 0.15) is 5.60 Å². The van der Waals surface area contributed by atoms with Crippen LogP contribution in [0.1, 0.15) is 39.3 Å². The third kappa shape index (κ3) is 4.94. The summed E-state index contributed by atoms with van der Waals surface area (Å²) in [7, 11) is 2.07. The van der Waals surface area contributed by atoms with Gasteiger partial charge in [0.05, 0.1) is 5.69 Å². The molecule has 1 fully saturated rings. The molecule has 1 atom stereocenters. The number of rotatable bonds is 3. The molecule has 1 aliphatic heterocycles. The summed E-state index contributed by atoms with van der Waals surface area (Å²) in [6.07, 6.45) is 7.02. The third-order valence-electron chi connectivity index (χ3n) is 3.70. The largest absolute Gasteiger partial charge is 0.444 e. The minimum absolute atomic E-state index is 0.217. The molecule has 0 aromatic carbocycles. The van der Waals surface area contributed by atoms with Gasteiger partial charge >= 0.3 is 6.09 Å². The highest BCUT2D eigenvalue weighted by Crippen LogP contribution is 2.19. The number of likely N-dealkylation sites (N-methyl/N-ethyl adjacent to an activating group) is 1.